The summed E-state index contributed by atoms with van der Waals surface area (Å²) in [7, 11) is -2.78. The van der Waals surface area contributed by atoms with E-state index in [1.54, 1.807) is 7.11 Å². The normalized spacial score (nSPS) is 21.6. The van der Waals surface area contributed by atoms with Crippen molar-refractivity contribution in [2.45, 2.75) is 108 Å². The van der Waals surface area contributed by atoms with E-state index in [2.05, 4.69) is 104 Å². The molecule has 2 N–H and O–H groups in total. The highest BCUT2D eigenvalue weighted by Gasteiger charge is 2.53. The minimum Gasteiger partial charge on any atom is -0.497 e. The summed E-state index contributed by atoms with van der Waals surface area (Å²) in [4.78, 5) is 0. The number of benzene rings is 3. The Balaban J connectivity index is 1.80. The summed E-state index contributed by atoms with van der Waals surface area (Å²) in [5.74, 6) is 0.785. The second kappa shape index (κ2) is 13.4. The average molecular weight is 650 g/mol. The van der Waals surface area contributed by atoms with Crippen LogP contribution in [0, 0.1) is 0 Å². The zero-order valence-electron chi connectivity index (χ0n) is 29.2. The molecular weight excluding hydrogens is 595 g/mol. The molecule has 0 aromatic heterocycles. The maximum Gasteiger partial charge on any atom is 0.192 e. The van der Waals surface area contributed by atoms with Crippen molar-refractivity contribution in [2.75, 3.05) is 13.7 Å². The summed E-state index contributed by atoms with van der Waals surface area (Å²) < 4.78 is 33.5. The second-order valence-corrected chi connectivity index (χ2v) is 24.8. The Labute approximate surface area is 273 Å². The summed E-state index contributed by atoms with van der Waals surface area (Å²) in [6.07, 6.45) is -1.85. The van der Waals surface area contributed by atoms with Crippen LogP contribution >= 0.6 is 0 Å². The van der Waals surface area contributed by atoms with Crippen molar-refractivity contribution in [1.82, 2.24) is 0 Å². The van der Waals surface area contributed by atoms with Gasteiger partial charge in [0.1, 0.15) is 35.9 Å². The Kier molecular flexibility index (Phi) is 10.6. The molecule has 1 aliphatic heterocycles. The average Bonchev–Trinajstić information content (AvgIpc) is 3.26. The fraction of sp³-hybridized carbons (Fsp3) is 0.514. The Hall–Kier alpha value is -2.31. The van der Waals surface area contributed by atoms with Crippen LogP contribution in [0.15, 0.2) is 84.9 Å². The van der Waals surface area contributed by atoms with Gasteiger partial charge in [0.05, 0.1) is 13.7 Å². The molecular formula is C37H55NO5Si2. The van der Waals surface area contributed by atoms with Crippen LogP contribution in [-0.2, 0) is 23.9 Å². The zero-order valence-corrected chi connectivity index (χ0v) is 31.2. The van der Waals surface area contributed by atoms with Crippen LogP contribution in [0.4, 0.5) is 0 Å². The predicted molar refractivity (Wildman–Crippen MR) is 189 cm³/mol. The van der Waals surface area contributed by atoms with Gasteiger partial charge in [-0.05, 0) is 65.1 Å². The van der Waals surface area contributed by atoms with Crippen molar-refractivity contribution in [2.24, 2.45) is 5.73 Å². The molecule has 0 unspecified atom stereocenters. The summed E-state index contributed by atoms with van der Waals surface area (Å²) in [5, 5.41) is 0.000511. The Morgan fingerprint density at radius 1 is 0.644 bits per heavy atom. The highest BCUT2D eigenvalue weighted by molar-refractivity contribution is 6.74. The first-order valence-corrected chi connectivity index (χ1v) is 21.9. The molecule has 0 spiro atoms. The fourth-order valence-corrected chi connectivity index (χ4v) is 7.95. The molecule has 0 radical (unpaired) electrons. The van der Waals surface area contributed by atoms with Crippen molar-refractivity contribution in [1.29, 1.82) is 0 Å². The molecule has 1 saturated heterocycles. The molecule has 3 aromatic rings. The van der Waals surface area contributed by atoms with E-state index < -0.39 is 40.7 Å². The largest absolute Gasteiger partial charge is 0.497 e. The molecule has 6 nitrogen and oxygen atoms in total. The summed E-state index contributed by atoms with van der Waals surface area (Å²) >= 11 is 0. The topological polar surface area (TPSA) is 72.2 Å². The van der Waals surface area contributed by atoms with Gasteiger partial charge in [-0.1, -0.05) is 114 Å². The van der Waals surface area contributed by atoms with Crippen molar-refractivity contribution in [3.63, 3.8) is 0 Å². The first kappa shape index (κ1) is 35.5. The lowest BCUT2D eigenvalue weighted by atomic mass is 9.80. The molecule has 1 aliphatic rings. The van der Waals surface area contributed by atoms with Crippen LogP contribution in [0.1, 0.15) is 58.2 Å². The summed E-state index contributed by atoms with van der Waals surface area (Å²) in [5.41, 5.74) is 8.87. The molecule has 1 fully saturated rings. The first-order chi connectivity index (χ1) is 20.9. The quantitative estimate of drug-likeness (QED) is 0.166. The van der Waals surface area contributed by atoms with E-state index in [4.69, 9.17) is 28.8 Å². The van der Waals surface area contributed by atoms with Crippen LogP contribution in [0.2, 0.25) is 36.3 Å². The number of hydrogen-bond acceptors (Lipinski definition) is 6. The van der Waals surface area contributed by atoms with Crippen molar-refractivity contribution >= 4 is 16.6 Å². The van der Waals surface area contributed by atoms with Crippen LogP contribution in [0.3, 0.4) is 0 Å². The van der Waals surface area contributed by atoms with Crippen molar-refractivity contribution in [3.8, 4) is 5.75 Å². The van der Waals surface area contributed by atoms with E-state index in [1.807, 2.05) is 48.5 Å². The van der Waals surface area contributed by atoms with E-state index >= 15 is 0 Å². The minimum atomic E-state index is -2.25. The molecule has 45 heavy (non-hydrogen) atoms. The highest BCUT2D eigenvalue weighted by Crippen LogP contribution is 2.45. The first-order valence-electron chi connectivity index (χ1n) is 16.1. The summed E-state index contributed by atoms with van der Waals surface area (Å²) in [6.45, 7) is 22.8. The zero-order chi connectivity index (χ0) is 33.3. The molecule has 0 aliphatic carbocycles. The monoisotopic (exact) mass is 649 g/mol. The summed E-state index contributed by atoms with van der Waals surface area (Å²) in [6, 6.07) is 28.8. The Bertz CT molecular complexity index is 1330. The van der Waals surface area contributed by atoms with Gasteiger partial charge in [-0.3, -0.25) is 0 Å². The third-order valence-corrected chi connectivity index (χ3v) is 19.1. The number of ether oxygens (including phenoxy) is 3. The van der Waals surface area contributed by atoms with E-state index in [1.165, 1.54) is 0 Å². The van der Waals surface area contributed by atoms with Crippen molar-refractivity contribution in [3.05, 3.63) is 102 Å². The van der Waals surface area contributed by atoms with Gasteiger partial charge in [-0.2, -0.15) is 0 Å². The molecule has 246 valence electrons. The lowest BCUT2D eigenvalue weighted by Gasteiger charge is -2.44. The third-order valence-electron chi connectivity index (χ3n) is 10.1. The number of nitrogens with two attached hydrogens (primary N) is 1. The van der Waals surface area contributed by atoms with Gasteiger partial charge in [0.15, 0.2) is 16.6 Å². The second-order valence-electron chi connectivity index (χ2n) is 15.3. The highest BCUT2D eigenvalue weighted by atomic mass is 28.4. The van der Waals surface area contributed by atoms with Gasteiger partial charge in [-0.25, -0.2) is 0 Å². The van der Waals surface area contributed by atoms with Crippen LogP contribution < -0.4 is 10.5 Å². The van der Waals surface area contributed by atoms with Crippen LogP contribution in [0.25, 0.3) is 0 Å². The number of rotatable bonds is 11. The SMILES string of the molecule is COc1ccc(C(OC[C@H]2O[C@@H](N)[C@H](O[Si](C)(C)C(C)(C)C)[C@@H]2O[Si](C)(C)C(C)(C)C)(c2ccccc2)c2ccccc2)cc1. The molecule has 0 bridgehead atoms. The lowest BCUT2D eigenvalue weighted by molar-refractivity contribution is -0.0794. The molecule has 4 rings (SSSR count). The van der Waals surface area contributed by atoms with E-state index in [9.17, 15) is 0 Å². The van der Waals surface area contributed by atoms with Gasteiger partial charge in [0.25, 0.3) is 0 Å². The molecule has 4 atom stereocenters. The fourth-order valence-electron chi connectivity index (χ4n) is 5.33. The van der Waals surface area contributed by atoms with Crippen molar-refractivity contribution < 1.29 is 23.1 Å². The predicted octanol–water partition coefficient (Wildman–Crippen LogP) is 8.47. The molecule has 1 heterocycles. The van der Waals surface area contributed by atoms with Gasteiger partial charge in [0, 0.05) is 0 Å². The lowest BCUT2D eigenvalue weighted by Crippen LogP contribution is -2.55. The number of methoxy groups -OCH3 is 1. The standard InChI is InChI=1S/C37H55NO5Si2/c1-35(2,3)44(8,9)42-32-31(41-34(38)33(32)43-45(10,11)36(4,5)6)26-40-37(27-18-14-12-15-19-27,28-20-16-13-17-21-28)29-22-24-30(39-7)25-23-29/h12-25,31-34H,26,38H2,1-11H3/t31-,32-,33-,34-/m1/s1. The minimum absolute atomic E-state index is 0.00640. The van der Waals surface area contributed by atoms with Gasteiger partial charge in [-0.15, -0.1) is 0 Å². The molecule has 0 amide bonds. The van der Waals surface area contributed by atoms with E-state index in [0.29, 0.717) is 0 Å². The maximum atomic E-state index is 7.24. The van der Waals surface area contributed by atoms with Crippen LogP contribution in [0.5, 0.6) is 5.75 Å². The Morgan fingerprint density at radius 2 is 1.07 bits per heavy atom. The number of hydrogen-bond donors (Lipinski definition) is 1. The maximum absolute atomic E-state index is 7.24. The van der Waals surface area contributed by atoms with Gasteiger partial charge >= 0.3 is 0 Å². The third kappa shape index (κ3) is 7.48. The Morgan fingerprint density at radius 3 is 1.49 bits per heavy atom. The van der Waals surface area contributed by atoms with E-state index in [0.717, 1.165) is 22.4 Å². The smallest absolute Gasteiger partial charge is 0.192 e. The molecule has 0 saturated carbocycles. The van der Waals surface area contributed by atoms with Gasteiger partial charge < -0.3 is 28.8 Å². The molecule has 3 aromatic carbocycles. The molecule has 8 heteroatoms. The van der Waals surface area contributed by atoms with E-state index in [-0.39, 0.29) is 22.8 Å². The van der Waals surface area contributed by atoms with Crippen LogP contribution in [-0.4, -0.2) is 54.9 Å². The van der Waals surface area contributed by atoms with Gasteiger partial charge in [0.2, 0.25) is 0 Å².